The van der Waals surface area contributed by atoms with Gasteiger partial charge in [0.05, 0.1) is 6.54 Å². The molecule has 6 nitrogen and oxygen atoms in total. The summed E-state index contributed by atoms with van der Waals surface area (Å²) in [6.45, 7) is 10.9. The predicted molar refractivity (Wildman–Crippen MR) is 90.0 cm³/mol. The van der Waals surface area contributed by atoms with Crippen molar-refractivity contribution in [3.05, 3.63) is 46.0 Å². The minimum atomic E-state index is -0.617. The Labute approximate surface area is 141 Å². The van der Waals surface area contributed by atoms with Gasteiger partial charge < -0.3 is 14.8 Å². The van der Waals surface area contributed by atoms with Crippen molar-refractivity contribution >= 4 is 18.3 Å². The van der Waals surface area contributed by atoms with Crippen molar-refractivity contribution in [1.29, 1.82) is 0 Å². The molecule has 0 aliphatic carbocycles. The van der Waals surface area contributed by atoms with E-state index in [1.54, 1.807) is 6.92 Å². The van der Waals surface area contributed by atoms with Gasteiger partial charge in [-0.2, -0.15) is 0 Å². The summed E-state index contributed by atoms with van der Waals surface area (Å²) in [6, 6.07) is 1.89. The van der Waals surface area contributed by atoms with Crippen molar-refractivity contribution in [2.75, 3.05) is 13.2 Å². The van der Waals surface area contributed by atoms with Gasteiger partial charge in [-0.1, -0.05) is 12.6 Å². The number of rotatable bonds is 7. The van der Waals surface area contributed by atoms with Crippen LogP contribution in [0.5, 0.6) is 0 Å². The molecule has 0 unspecified atom stereocenters. The Morgan fingerprint density at radius 3 is 2.46 bits per heavy atom. The molecule has 0 radical (unpaired) electrons. The maximum Gasteiger partial charge on any atom is 0.407 e. The van der Waals surface area contributed by atoms with E-state index >= 15 is 0 Å². The number of hydrogen-bond acceptors (Lipinski definition) is 5. The molecule has 0 aromatic heterocycles. The Balaban J connectivity index is 2.52. The lowest BCUT2D eigenvalue weighted by Crippen LogP contribution is -2.28. The van der Waals surface area contributed by atoms with Crippen LogP contribution >= 0.6 is 0 Å². The van der Waals surface area contributed by atoms with Crippen molar-refractivity contribution < 1.29 is 23.9 Å². The number of aldehydes is 1. The second kappa shape index (κ2) is 8.86. The summed E-state index contributed by atoms with van der Waals surface area (Å²) in [5.74, 6) is -0.502. The van der Waals surface area contributed by atoms with E-state index in [0.29, 0.717) is 11.1 Å². The predicted octanol–water partition coefficient (Wildman–Crippen LogP) is 2.77. The number of alkyl carbamates (subject to hydrolysis) is 1. The largest absolute Gasteiger partial charge is 0.460 e. The summed E-state index contributed by atoms with van der Waals surface area (Å²) >= 11 is 0. The average molecular weight is 333 g/mol. The Hall–Kier alpha value is -2.63. The molecule has 0 atom stereocenters. The molecule has 1 amide bonds. The van der Waals surface area contributed by atoms with Crippen LogP contribution in [0.1, 0.15) is 39.5 Å². The van der Waals surface area contributed by atoms with E-state index in [1.165, 1.54) is 0 Å². The van der Waals surface area contributed by atoms with E-state index < -0.39 is 12.1 Å². The van der Waals surface area contributed by atoms with E-state index in [4.69, 9.17) is 9.47 Å². The number of amides is 1. The lowest BCUT2D eigenvalue weighted by molar-refractivity contribution is -0.138. The van der Waals surface area contributed by atoms with Crippen LogP contribution in [0.15, 0.2) is 18.2 Å². The second-order valence-electron chi connectivity index (χ2n) is 5.56. The third-order valence-corrected chi connectivity index (χ3v) is 3.61. The van der Waals surface area contributed by atoms with Crippen molar-refractivity contribution in [3.8, 4) is 0 Å². The Morgan fingerprint density at radius 2 is 1.88 bits per heavy atom. The minimum absolute atomic E-state index is 0.0403. The summed E-state index contributed by atoms with van der Waals surface area (Å²) in [4.78, 5) is 34.0. The number of nitrogens with one attached hydrogen (secondary N) is 1. The first kappa shape index (κ1) is 19.4. The van der Waals surface area contributed by atoms with Gasteiger partial charge in [-0.05, 0) is 49.9 Å². The fourth-order valence-corrected chi connectivity index (χ4v) is 2.26. The van der Waals surface area contributed by atoms with Gasteiger partial charge in [0.2, 0.25) is 0 Å². The monoisotopic (exact) mass is 333 g/mol. The Bertz CT molecular complexity index is 664. The topological polar surface area (TPSA) is 81.7 Å². The third-order valence-electron chi connectivity index (χ3n) is 3.61. The van der Waals surface area contributed by atoms with E-state index in [1.807, 2.05) is 26.8 Å². The molecular formula is C18H23NO5. The van der Waals surface area contributed by atoms with Crippen LogP contribution in [0, 0.1) is 20.8 Å². The van der Waals surface area contributed by atoms with Crippen LogP contribution in [0.25, 0.3) is 0 Å². The third kappa shape index (κ3) is 5.22. The standard InChI is InChI=1S/C18H23NO5/c1-11(2)17(21)23-7-6-19-18(22)24-10-16-13(4)8-12(3)15(9-20)14(16)5/h8-9H,1,6-7,10H2,2-5H3,(H,19,22). The zero-order chi connectivity index (χ0) is 18.3. The fourth-order valence-electron chi connectivity index (χ4n) is 2.26. The number of aryl methyl sites for hydroxylation is 2. The van der Waals surface area contributed by atoms with Crippen LogP contribution in [0.4, 0.5) is 4.79 Å². The summed E-state index contributed by atoms with van der Waals surface area (Å²) in [5, 5.41) is 2.49. The molecular weight excluding hydrogens is 310 g/mol. The van der Waals surface area contributed by atoms with Crippen molar-refractivity contribution in [1.82, 2.24) is 5.32 Å². The highest BCUT2D eigenvalue weighted by molar-refractivity contribution is 5.86. The molecule has 1 N–H and O–H groups in total. The van der Waals surface area contributed by atoms with Gasteiger partial charge >= 0.3 is 12.1 Å². The van der Waals surface area contributed by atoms with Crippen molar-refractivity contribution in [2.24, 2.45) is 0 Å². The number of benzene rings is 1. The van der Waals surface area contributed by atoms with Gasteiger partial charge in [0.25, 0.3) is 0 Å². The van der Waals surface area contributed by atoms with E-state index in [9.17, 15) is 14.4 Å². The molecule has 1 rings (SSSR count). The Morgan fingerprint density at radius 1 is 1.21 bits per heavy atom. The van der Waals surface area contributed by atoms with Crippen LogP contribution < -0.4 is 5.32 Å². The first-order valence-electron chi connectivity index (χ1n) is 7.56. The fraction of sp³-hybridized carbons (Fsp3) is 0.389. The molecule has 1 aromatic rings. The van der Waals surface area contributed by atoms with E-state index in [-0.39, 0.29) is 19.8 Å². The molecule has 0 spiro atoms. The lowest BCUT2D eigenvalue weighted by Gasteiger charge is -2.15. The van der Waals surface area contributed by atoms with Crippen molar-refractivity contribution in [3.63, 3.8) is 0 Å². The highest BCUT2D eigenvalue weighted by atomic mass is 16.6. The molecule has 24 heavy (non-hydrogen) atoms. The second-order valence-corrected chi connectivity index (χ2v) is 5.56. The number of esters is 1. The van der Waals surface area contributed by atoms with E-state index in [2.05, 4.69) is 11.9 Å². The number of ether oxygens (including phenoxy) is 2. The SMILES string of the molecule is C=C(C)C(=O)OCCNC(=O)OCc1c(C)cc(C)c(C=O)c1C. The molecule has 0 saturated carbocycles. The van der Waals surface area contributed by atoms with Crippen LogP contribution in [0.2, 0.25) is 0 Å². The van der Waals surface area contributed by atoms with Gasteiger partial charge in [-0.25, -0.2) is 9.59 Å². The summed E-state index contributed by atoms with van der Waals surface area (Å²) in [6.07, 6.45) is 0.192. The average Bonchev–Trinajstić information content (AvgIpc) is 2.51. The van der Waals surface area contributed by atoms with Gasteiger partial charge in [0.1, 0.15) is 13.2 Å². The molecule has 0 fully saturated rings. The summed E-state index contributed by atoms with van der Waals surface area (Å²) < 4.78 is 10.0. The van der Waals surface area contributed by atoms with Gasteiger partial charge in [-0.3, -0.25) is 4.79 Å². The van der Waals surface area contributed by atoms with Crippen LogP contribution in [-0.2, 0) is 20.9 Å². The quantitative estimate of drug-likeness (QED) is 0.359. The summed E-state index contributed by atoms with van der Waals surface area (Å²) in [5.41, 5.74) is 4.39. The lowest BCUT2D eigenvalue weighted by atomic mass is 9.94. The smallest absolute Gasteiger partial charge is 0.407 e. The molecule has 0 saturated heterocycles. The maximum atomic E-state index is 11.7. The first-order valence-corrected chi connectivity index (χ1v) is 7.56. The number of hydrogen-bond donors (Lipinski definition) is 1. The maximum absolute atomic E-state index is 11.7. The zero-order valence-electron chi connectivity index (χ0n) is 14.5. The molecule has 1 aromatic carbocycles. The van der Waals surface area contributed by atoms with Gasteiger partial charge in [0.15, 0.2) is 6.29 Å². The van der Waals surface area contributed by atoms with Gasteiger partial charge in [-0.15, -0.1) is 0 Å². The molecule has 0 bridgehead atoms. The Kier molecular flexibility index (Phi) is 7.17. The van der Waals surface area contributed by atoms with Crippen LogP contribution in [0.3, 0.4) is 0 Å². The number of carbonyl (C=O) groups is 3. The molecule has 0 aliphatic rings. The molecule has 6 heteroatoms. The molecule has 130 valence electrons. The zero-order valence-corrected chi connectivity index (χ0v) is 14.5. The summed E-state index contributed by atoms with van der Waals surface area (Å²) in [7, 11) is 0. The van der Waals surface area contributed by atoms with Crippen LogP contribution in [-0.4, -0.2) is 31.5 Å². The van der Waals surface area contributed by atoms with E-state index in [0.717, 1.165) is 28.5 Å². The molecule has 0 aliphatic heterocycles. The highest BCUT2D eigenvalue weighted by Gasteiger charge is 2.12. The van der Waals surface area contributed by atoms with Crippen molar-refractivity contribution in [2.45, 2.75) is 34.3 Å². The molecule has 0 heterocycles. The highest BCUT2D eigenvalue weighted by Crippen LogP contribution is 2.21. The minimum Gasteiger partial charge on any atom is -0.460 e. The van der Waals surface area contributed by atoms with Gasteiger partial charge in [0, 0.05) is 11.1 Å². The normalized spacial score (nSPS) is 10.0. The first-order chi connectivity index (χ1) is 11.3. The number of carbonyl (C=O) groups excluding carboxylic acids is 3.